The van der Waals surface area contributed by atoms with E-state index in [2.05, 4.69) is 15.6 Å². The van der Waals surface area contributed by atoms with E-state index in [4.69, 9.17) is 16.0 Å². The molecular weight excluding hydrogens is 273 g/mol. The molecule has 0 amide bonds. The quantitative estimate of drug-likeness (QED) is 0.911. The number of aromatic nitrogens is 1. The lowest BCUT2D eigenvalue weighted by Crippen LogP contribution is -2.17. The molecule has 18 heavy (non-hydrogen) atoms. The van der Waals surface area contributed by atoms with E-state index < -0.39 is 0 Å². The maximum absolute atomic E-state index is 5.89. The van der Waals surface area contributed by atoms with E-state index >= 15 is 0 Å². The van der Waals surface area contributed by atoms with Gasteiger partial charge in [-0.2, -0.15) is 4.98 Å². The first kappa shape index (κ1) is 13.5. The molecule has 1 fully saturated rings. The third-order valence-corrected chi connectivity index (χ3v) is 3.29. The van der Waals surface area contributed by atoms with Crippen LogP contribution in [-0.2, 0) is 0 Å². The second-order valence-electron chi connectivity index (χ2n) is 4.37. The van der Waals surface area contributed by atoms with Crippen LogP contribution in [0.25, 0.3) is 11.1 Å². The molecule has 2 aromatic rings. The summed E-state index contributed by atoms with van der Waals surface area (Å²) in [6.45, 7) is 3.07. The van der Waals surface area contributed by atoms with Crippen molar-refractivity contribution in [2.45, 2.75) is 6.42 Å². The molecule has 0 saturated carbocycles. The zero-order chi connectivity index (χ0) is 11.7. The van der Waals surface area contributed by atoms with Crippen LogP contribution < -0.4 is 10.6 Å². The number of nitrogens with one attached hydrogen (secondary N) is 2. The first-order chi connectivity index (χ1) is 8.31. The van der Waals surface area contributed by atoms with Gasteiger partial charge >= 0.3 is 0 Å². The first-order valence-electron chi connectivity index (χ1n) is 5.82. The van der Waals surface area contributed by atoms with Crippen molar-refractivity contribution in [3.05, 3.63) is 23.2 Å². The summed E-state index contributed by atoms with van der Waals surface area (Å²) in [5.74, 6) is 0.661. The average Bonchev–Trinajstić information content (AvgIpc) is 2.94. The predicted octanol–water partition coefficient (Wildman–Crippen LogP) is 2.92. The van der Waals surface area contributed by atoms with Crippen LogP contribution in [0.4, 0.5) is 6.01 Å². The van der Waals surface area contributed by atoms with Gasteiger partial charge in [-0.25, -0.2) is 0 Å². The largest absolute Gasteiger partial charge is 0.424 e. The van der Waals surface area contributed by atoms with E-state index in [9.17, 15) is 0 Å². The molecule has 0 bridgehead atoms. The Morgan fingerprint density at radius 2 is 2.39 bits per heavy atom. The highest BCUT2D eigenvalue weighted by Crippen LogP contribution is 2.22. The summed E-state index contributed by atoms with van der Waals surface area (Å²) in [6.07, 6.45) is 1.21. The van der Waals surface area contributed by atoms with E-state index in [1.807, 2.05) is 12.1 Å². The van der Waals surface area contributed by atoms with E-state index in [1.54, 1.807) is 6.07 Å². The summed E-state index contributed by atoms with van der Waals surface area (Å²) in [6, 6.07) is 6.04. The van der Waals surface area contributed by atoms with Gasteiger partial charge in [0.25, 0.3) is 6.01 Å². The summed E-state index contributed by atoms with van der Waals surface area (Å²) in [5.41, 5.74) is 1.56. The zero-order valence-electron chi connectivity index (χ0n) is 9.78. The molecule has 2 heterocycles. The van der Waals surface area contributed by atoms with Crippen LogP contribution in [0.5, 0.6) is 0 Å². The predicted molar refractivity (Wildman–Crippen MR) is 75.7 cm³/mol. The van der Waals surface area contributed by atoms with Gasteiger partial charge in [0.05, 0.1) is 0 Å². The molecular formula is C12H15Cl2N3O. The molecule has 6 heteroatoms. The number of benzene rings is 1. The number of fused-ring (bicyclic) bond motifs is 1. The van der Waals surface area contributed by atoms with Crippen molar-refractivity contribution in [2.24, 2.45) is 5.92 Å². The van der Waals surface area contributed by atoms with Gasteiger partial charge in [-0.05, 0) is 37.6 Å². The Kier molecular flexibility index (Phi) is 4.32. The molecule has 0 aliphatic carbocycles. The lowest BCUT2D eigenvalue weighted by molar-refractivity contribution is 0.574. The molecule has 0 unspecified atom stereocenters. The second-order valence-corrected chi connectivity index (χ2v) is 4.81. The minimum atomic E-state index is 0. The topological polar surface area (TPSA) is 50.1 Å². The Morgan fingerprint density at radius 3 is 3.17 bits per heavy atom. The molecule has 1 aromatic heterocycles. The summed E-state index contributed by atoms with van der Waals surface area (Å²) >= 11 is 5.89. The molecule has 1 saturated heterocycles. The van der Waals surface area contributed by atoms with Gasteiger partial charge in [0.2, 0.25) is 0 Å². The number of halogens is 2. The zero-order valence-corrected chi connectivity index (χ0v) is 11.4. The maximum Gasteiger partial charge on any atom is 0.295 e. The van der Waals surface area contributed by atoms with Crippen molar-refractivity contribution in [1.82, 2.24) is 10.3 Å². The Balaban J connectivity index is 0.00000120. The van der Waals surface area contributed by atoms with Gasteiger partial charge in [-0.3, -0.25) is 0 Å². The average molecular weight is 288 g/mol. The molecule has 0 radical (unpaired) electrons. The summed E-state index contributed by atoms with van der Waals surface area (Å²) < 4.78 is 5.58. The summed E-state index contributed by atoms with van der Waals surface area (Å²) in [5, 5.41) is 7.24. The summed E-state index contributed by atoms with van der Waals surface area (Å²) in [4.78, 5) is 4.36. The van der Waals surface area contributed by atoms with Gasteiger partial charge in [-0.15, -0.1) is 12.4 Å². The SMILES string of the molecule is Cl.Clc1ccc2nc(NC[C@@H]3CCNC3)oc2c1. The van der Waals surface area contributed by atoms with Crippen LogP contribution in [0.3, 0.4) is 0 Å². The van der Waals surface area contributed by atoms with Crippen LogP contribution in [0.1, 0.15) is 6.42 Å². The molecule has 1 aromatic carbocycles. The van der Waals surface area contributed by atoms with Crippen molar-refractivity contribution in [3.8, 4) is 0 Å². The normalized spacial score (nSPS) is 18.8. The molecule has 1 atom stereocenters. The molecule has 98 valence electrons. The van der Waals surface area contributed by atoms with Crippen molar-refractivity contribution >= 4 is 41.1 Å². The number of hydrogen-bond donors (Lipinski definition) is 2. The fourth-order valence-corrected chi connectivity index (χ4v) is 2.26. The Morgan fingerprint density at radius 1 is 1.50 bits per heavy atom. The van der Waals surface area contributed by atoms with Crippen LogP contribution in [0.2, 0.25) is 5.02 Å². The van der Waals surface area contributed by atoms with E-state index in [1.165, 1.54) is 6.42 Å². The van der Waals surface area contributed by atoms with E-state index in [0.717, 1.165) is 30.7 Å². The monoisotopic (exact) mass is 287 g/mol. The van der Waals surface area contributed by atoms with Crippen LogP contribution >= 0.6 is 24.0 Å². The second kappa shape index (κ2) is 5.78. The molecule has 1 aliphatic rings. The van der Waals surface area contributed by atoms with E-state index in [-0.39, 0.29) is 12.4 Å². The van der Waals surface area contributed by atoms with E-state index in [0.29, 0.717) is 17.0 Å². The van der Waals surface area contributed by atoms with Gasteiger partial charge < -0.3 is 15.1 Å². The van der Waals surface area contributed by atoms with Crippen LogP contribution in [-0.4, -0.2) is 24.6 Å². The standard InChI is InChI=1S/C12H14ClN3O.ClH/c13-9-1-2-10-11(5-9)17-12(16-10)15-7-8-3-4-14-6-8;/h1-2,5,8,14H,3-4,6-7H2,(H,15,16);1H/t8-;/m1./s1. The molecule has 3 rings (SSSR count). The lowest BCUT2D eigenvalue weighted by atomic mass is 10.1. The number of oxazole rings is 1. The van der Waals surface area contributed by atoms with Crippen LogP contribution in [0.15, 0.2) is 22.6 Å². The summed E-state index contributed by atoms with van der Waals surface area (Å²) in [7, 11) is 0. The molecule has 1 aliphatic heterocycles. The smallest absolute Gasteiger partial charge is 0.295 e. The lowest BCUT2D eigenvalue weighted by Gasteiger charge is -2.07. The molecule has 0 spiro atoms. The fourth-order valence-electron chi connectivity index (χ4n) is 2.09. The number of rotatable bonds is 3. The van der Waals surface area contributed by atoms with Crippen LogP contribution in [0, 0.1) is 5.92 Å². The fraction of sp³-hybridized carbons (Fsp3) is 0.417. The Bertz CT molecular complexity index is 523. The van der Waals surface area contributed by atoms with Gasteiger partial charge in [0.15, 0.2) is 5.58 Å². The minimum absolute atomic E-state index is 0. The molecule has 4 nitrogen and oxygen atoms in total. The number of nitrogens with zero attached hydrogens (tertiary/aromatic N) is 1. The highest BCUT2D eigenvalue weighted by molar-refractivity contribution is 6.31. The van der Waals surface area contributed by atoms with Crippen molar-refractivity contribution < 1.29 is 4.42 Å². The Hall–Kier alpha value is -0.970. The third-order valence-electron chi connectivity index (χ3n) is 3.05. The maximum atomic E-state index is 5.89. The number of hydrogen-bond acceptors (Lipinski definition) is 4. The van der Waals surface area contributed by atoms with Crippen molar-refractivity contribution in [3.63, 3.8) is 0 Å². The van der Waals surface area contributed by atoms with Crippen molar-refractivity contribution in [2.75, 3.05) is 25.0 Å². The Labute approximate surface area is 117 Å². The van der Waals surface area contributed by atoms with Gasteiger partial charge in [0, 0.05) is 17.6 Å². The third kappa shape index (κ3) is 2.88. The molecule has 2 N–H and O–H groups in total. The number of anilines is 1. The van der Waals surface area contributed by atoms with Gasteiger partial charge in [-0.1, -0.05) is 11.6 Å². The van der Waals surface area contributed by atoms with Gasteiger partial charge in [0.1, 0.15) is 5.52 Å². The highest BCUT2D eigenvalue weighted by Gasteiger charge is 2.15. The first-order valence-corrected chi connectivity index (χ1v) is 6.20. The minimum Gasteiger partial charge on any atom is -0.424 e. The highest BCUT2D eigenvalue weighted by atomic mass is 35.5. The van der Waals surface area contributed by atoms with Crippen molar-refractivity contribution in [1.29, 1.82) is 0 Å².